The first-order valence-corrected chi connectivity index (χ1v) is 11.1. The van der Waals surface area contributed by atoms with Gasteiger partial charge in [0.25, 0.3) is 5.56 Å². The van der Waals surface area contributed by atoms with Crippen molar-refractivity contribution in [1.29, 1.82) is 0 Å². The quantitative estimate of drug-likeness (QED) is 0.237. The van der Waals surface area contributed by atoms with Crippen molar-refractivity contribution in [2.75, 3.05) is 7.11 Å². The molecule has 0 bridgehead atoms. The summed E-state index contributed by atoms with van der Waals surface area (Å²) in [6.45, 7) is 1.96. The van der Waals surface area contributed by atoms with Crippen LogP contribution in [0, 0.1) is 11.7 Å². The van der Waals surface area contributed by atoms with Crippen molar-refractivity contribution in [3.05, 3.63) is 98.0 Å². The monoisotopic (exact) mass is 522 g/mol. The minimum Gasteiger partial charge on any atom is -0.495 e. The van der Waals surface area contributed by atoms with E-state index in [0.717, 1.165) is 10.0 Å². The smallest absolute Gasteiger partial charge is 0.290 e. The van der Waals surface area contributed by atoms with Crippen LogP contribution in [0.3, 0.4) is 0 Å². The molecule has 0 aliphatic heterocycles. The van der Waals surface area contributed by atoms with Gasteiger partial charge in [-0.3, -0.25) is 13.9 Å². The summed E-state index contributed by atoms with van der Waals surface area (Å²) in [6, 6.07) is 21.4. The third kappa shape index (κ3) is 4.50. The number of hydrogen-bond donors (Lipinski definition) is 1. The number of nitrogens with zero attached hydrogens (tertiary/aromatic N) is 4. The van der Waals surface area contributed by atoms with E-state index in [1.54, 1.807) is 60.7 Å². The molecule has 4 rings (SSSR count). The molecule has 0 radical (unpaired) electrons. The predicted octanol–water partition coefficient (Wildman–Crippen LogP) is 6.56. The topological polar surface area (TPSA) is 81.1 Å². The van der Waals surface area contributed by atoms with E-state index in [4.69, 9.17) is 17.0 Å². The second kappa shape index (κ2) is 9.51. The second-order valence-electron chi connectivity index (χ2n) is 7.11. The van der Waals surface area contributed by atoms with Gasteiger partial charge in [-0.1, -0.05) is 45.8 Å². The number of hydrogen-bond acceptors (Lipinski definition) is 6. The zero-order valence-corrected chi connectivity index (χ0v) is 20.2. The molecule has 0 aliphatic rings. The van der Waals surface area contributed by atoms with E-state index in [1.807, 2.05) is 19.1 Å². The van der Waals surface area contributed by atoms with E-state index in [1.165, 1.54) is 16.2 Å². The van der Waals surface area contributed by atoms with E-state index in [0.29, 0.717) is 22.8 Å². The Hall–Kier alpha value is -3.56. The molecular weight excluding hydrogens is 504 g/mol. The van der Waals surface area contributed by atoms with Gasteiger partial charge in [0.1, 0.15) is 5.75 Å². The van der Waals surface area contributed by atoms with Crippen LogP contribution in [-0.4, -0.2) is 21.4 Å². The number of methoxy groups -OCH3 is 1. The SMILES string of the molecule is COc1ccccc1-n1c(O)c(N=Nc2ccc(C)cc2)c(=O)n(-c2ccc(Br)cc2)c1=S. The molecule has 0 amide bonds. The summed E-state index contributed by atoms with van der Waals surface area (Å²) < 4.78 is 9.01. The van der Waals surface area contributed by atoms with Crippen LogP contribution in [0.2, 0.25) is 0 Å². The number of azo groups is 1. The first-order chi connectivity index (χ1) is 15.9. The van der Waals surface area contributed by atoms with E-state index >= 15 is 0 Å². The molecule has 0 fully saturated rings. The number of para-hydroxylation sites is 2. The zero-order valence-electron chi connectivity index (χ0n) is 17.8. The third-order valence-corrected chi connectivity index (χ3v) is 5.82. The van der Waals surface area contributed by atoms with Crippen LogP contribution in [0.5, 0.6) is 11.6 Å². The van der Waals surface area contributed by atoms with Crippen LogP contribution in [0.25, 0.3) is 11.4 Å². The molecular formula is C24H19BrN4O3S. The van der Waals surface area contributed by atoms with Gasteiger partial charge in [-0.15, -0.1) is 5.11 Å². The van der Waals surface area contributed by atoms with Gasteiger partial charge in [-0.2, -0.15) is 5.11 Å². The Bertz CT molecular complexity index is 1460. The zero-order chi connectivity index (χ0) is 23.5. The maximum atomic E-state index is 13.4. The normalized spacial score (nSPS) is 11.1. The highest BCUT2D eigenvalue weighted by atomic mass is 79.9. The molecule has 0 spiro atoms. The van der Waals surface area contributed by atoms with Crippen LogP contribution >= 0.6 is 28.1 Å². The Kier molecular flexibility index (Phi) is 6.52. The minimum absolute atomic E-state index is 0.0543. The number of aromatic hydroxyl groups is 1. The third-order valence-electron chi connectivity index (χ3n) is 4.92. The van der Waals surface area contributed by atoms with Crippen LogP contribution < -0.4 is 10.3 Å². The summed E-state index contributed by atoms with van der Waals surface area (Å²) >= 11 is 9.05. The van der Waals surface area contributed by atoms with Gasteiger partial charge in [-0.25, -0.2) is 0 Å². The standard InChI is InChI=1S/C24H19BrN4O3S/c1-15-7-11-17(12-8-15)26-27-21-22(30)28(18-13-9-16(25)10-14-18)24(33)29(23(21)31)19-5-3-4-6-20(19)32-2/h3-14,31H,1-2H3. The molecule has 0 saturated carbocycles. The molecule has 1 N–H and O–H groups in total. The molecule has 0 saturated heterocycles. The number of ether oxygens (including phenoxy) is 1. The highest BCUT2D eigenvalue weighted by molar-refractivity contribution is 9.10. The van der Waals surface area contributed by atoms with Crippen molar-refractivity contribution in [3.8, 4) is 23.0 Å². The van der Waals surface area contributed by atoms with E-state index in [2.05, 4.69) is 26.2 Å². The van der Waals surface area contributed by atoms with E-state index < -0.39 is 11.4 Å². The molecule has 1 aromatic heterocycles. The lowest BCUT2D eigenvalue weighted by atomic mass is 10.2. The number of aromatic nitrogens is 2. The Morgan fingerprint density at radius 1 is 0.939 bits per heavy atom. The molecule has 3 aromatic carbocycles. The number of halogens is 1. The Morgan fingerprint density at radius 3 is 2.27 bits per heavy atom. The Balaban J connectivity index is 2.02. The Labute approximate surface area is 203 Å². The minimum atomic E-state index is -0.596. The summed E-state index contributed by atoms with van der Waals surface area (Å²) in [7, 11) is 1.52. The highest BCUT2D eigenvalue weighted by Gasteiger charge is 2.21. The fraction of sp³-hybridized carbons (Fsp3) is 0.0833. The summed E-state index contributed by atoms with van der Waals surface area (Å²) in [4.78, 5) is 13.4. The molecule has 9 heteroatoms. The predicted molar refractivity (Wildman–Crippen MR) is 133 cm³/mol. The van der Waals surface area contributed by atoms with Crippen molar-refractivity contribution < 1.29 is 9.84 Å². The van der Waals surface area contributed by atoms with Gasteiger partial charge in [-0.05, 0) is 67.7 Å². The molecule has 4 aromatic rings. The van der Waals surface area contributed by atoms with E-state index in [9.17, 15) is 9.90 Å². The van der Waals surface area contributed by atoms with Gasteiger partial charge in [0.2, 0.25) is 11.6 Å². The van der Waals surface area contributed by atoms with Gasteiger partial charge < -0.3 is 9.84 Å². The van der Waals surface area contributed by atoms with Crippen LogP contribution in [0.1, 0.15) is 5.56 Å². The second-order valence-corrected chi connectivity index (χ2v) is 8.40. The van der Waals surface area contributed by atoms with Gasteiger partial charge in [0.15, 0.2) is 4.77 Å². The average molecular weight is 523 g/mol. The largest absolute Gasteiger partial charge is 0.495 e. The number of aryl methyl sites for hydroxylation is 1. The number of rotatable bonds is 5. The molecule has 0 unspecified atom stereocenters. The van der Waals surface area contributed by atoms with E-state index in [-0.39, 0.29) is 10.5 Å². The summed E-state index contributed by atoms with van der Waals surface area (Å²) in [5.41, 5.74) is 1.74. The first-order valence-electron chi connectivity index (χ1n) is 9.89. The lowest BCUT2D eigenvalue weighted by Crippen LogP contribution is -2.23. The van der Waals surface area contributed by atoms with Gasteiger partial charge in [0.05, 0.1) is 24.2 Å². The highest BCUT2D eigenvalue weighted by Crippen LogP contribution is 2.32. The maximum Gasteiger partial charge on any atom is 0.290 e. The molecule has 166 valence electrons. The lowest BCUT2D eigenvalue weighted by molar-refractivity contribution is 0.402. The molecule has 0 aliphatic carbocycles. The Morgan fingerprint density at radius 2 is 1.61 bits per heavy atom. The van der Waals surface area contributed by atoms with Crippen LogP contribution in [-0.2, 0) is 0 Å². The molecule has 33 heavy (non-hydrogen) atoms. The number of benzene rings is 3. The van der Waals surface area contributed by atoms with Crippen molar-refractivity contribution in [2.45, 2.75) is 6.92 Å². The fourth-order valence-electron chi connectivity index (χ4n) is 3.24. The summed E-state index contributed by atoms with van der Waals surface area (Å²) in [5, 5.41) is 19.4. The summed E-state index contributed by atoms with van der Waals surface area (Å²) in [6.07, 6.45) is 0. The van der Waals surface area contributed by atoms with Gasteiger partial charge in [0, 0.05) is 4.47 Å². The summed E-state index contributed by atoms with van der Waals surface area (Å²) in [5.74, 6) is 0.0325. The van der Waals surface area contributed by atoms with Crippen LogP contribution in [0.4, 0.5) is 11.4 Å². The first kappa shape index (κ1) is 22.6. The average Bonchev–Trinajstić information content (AvgIpc) is 2.81. The molecule has 0 atom stereocenters. The van der Waals surface area contributed by atoms with Crippen molar-refractivity contribution >= 4 is 39.5 Å². The molecule has 7 nitrogen and oxygen atoms in total. The van der Waals surface area contributed by atoms with Crippen molar-refractivity contribution in [3.63, 3.8) is 0 Å². The maximum absolute atomic E-state index is 13.4. The molecule has 1 heterocycles. The van der Waals surface area contributed by atoms with Gasteiger partial charge >= 0.3 is 0 Å². The van der Waals surface area contributed by atoms with Crippen LogP contribution in [0.15, 0.2) is 92.3 Å². The lowest BCUT2D eigenvalue weighted by Gasteiger charge is -2.17. The van der Waals surface area contributed by atoms with Crippen molar-refractivity contribution in [2.24, 2.45) is 10.2 Å². The van der Waals surface area contributed by atoms with Crippen molar-refractivity contribution in [1.82, 2.24) is 9.13 Å². The fourth-order valence-corrected chi connectivity index (χ4v) is 3.88.